The number of aromatic nitrogens is 2. The number of nitrogens with zero attached hydrogens (tertiary/aromatic N) is 2. The van der Waals surface area contributed by atoms with E-state index in [4.69, 9.17) is 4.74 Å². The highest BCUT2D eigenvalue weighted by molar-refractivity contribution is 7.15. The highest BCUT2D eigenvalue weighted by Crippen LogP contribution is 2.46. The average Bonchev–Trinajstić information content (AvgIpc) is 3.24. The van der Waals surface area contributed by atoms with Crippen LogP contribution in [0.3, 0.4) is 0 Å². The van der Waals surface area contributed by atoms with Crippen LogP contribution in [-0.4, -0.2) is 34.3 Å². The molecule has 2 aromatic heterocycles. The van der Waals surface area contributed by atoms with Crippen molar-refractivity contribution in [2.45, 2.75) is 46.5 Å². The van der Waals surface area contributed by atoms with Crippen LogP contribution in [0.1, 0.15) is 47.7 Å². The Morgan fingerprint density at radius 2 is 2.03 bits per heavy atom. The van der Waals surface area contributed by atoms with E-state index >= 15 is 0 Å². The van der Waals surface area contributed by atoms with Gasteiger partial charge in [-0.25, -0.2) is 9.78 Å². The van der Waals surface area contributed by atoms with Gasteiger partial charge in [-0.2, -0.15) is 8.78 Å². The summed E-state index contributed by atoms with van der Waals surface area (Å²) >= 11 is 1.24. The largest absolute Gasteiger partial charge is 0.496 e. The molecule has 180 valence electrons. The molecule has 0 spiro atoms. The summed E-state index contributed by atoms with van der Waals surface area (Å²) in [5.41, 5.74) is 2.06. The van der Waals surface area contributed by atoms with Crippen LogP contribution in [0.25, 0.3) is 21.7 Å². The van der Waals surface area contributed by atoms with Gasteiger partial charge >= 0.3 is 12.6 Å². The van der Waals surface area contributed by atoms with Gasteiger partial charge in [-0.3, -0.25) is 4.79 Å². The second-order valence-electron chi connectivity index (χ2n) is 9.13. The van der Waals surface area contributed by atoms with Crippen molar-refractivity contribution in [1.82, 2.24) is 9.55 Å². The zero-order valence-electron chi connectivity index (χ0n) is 19.1. The second kappa shape index (κ2) is 8.92. The number of ether oxygens (including phenoxy) is 2. The van der Waals surface area contributed by atoms with Crippen LogP contribution in [0.4, 0.5) is 8.78 Å². The van der Waals surface area contributed by atoms with Crippen LogP contribution in [0.2, 0.25) is 0 Å². The Bertz CT molecular complexity index is 1310. The second-order valence-corrected chi connectivity index (χ2v) is 10.2. The van der Waals surface area contributed by atoms with Gasteiger partial charge in [0.1, 0.15) is 22.9 Å². The van der Waals surface area contributed by atoms with Crippen molar-refractivity contribution in [2.75, 3.05) is 7.11 Å². The Hall–Kier alpha value is -3.11. The molecule has 0 saturated heterocycles. The van der Waals surface area contributed by atoms with E-state index in [0.29, 0.717) is 22.9 Å². The SMILES string of the molecule is COc1cc2c(cc1-c1cnc(COC(F)F)s1)CC(C(C)(C)C)n1cc(C(=O)O)c(=O)cc1-2. The van der Waals surface area contributed by atoms with Crippen molar-refractivity contribution in [3.8, 4) is 27.4 Å². The third kappa shape index (κ3) is 4.47. The monoisotopic (exact) mass is 490 g/mol. The number of alkyl halides is 2. The summed E-state index contributed by atoms with van der Waals surface area (Å²) in [7, 11) is 1.52. The summed E-state index contributed by atoms with van der Waals surface area (Å²) < 4.78 is 36.6. The number of hydrogen-bond donors (Lipinski definition) is 1. The zero-order valence-corrected chi connectivity index (χ0v) is 19.9. The van der Waals surface area contributed by atoms with Crippen molar-refractivity contribution >= 4 is 17.3 Å². The van der Waals surface area contributed by atoms with Gasteiger partial charge < -0.3 is 19.1 Å². The summed E-state index contributed by atoms with van der Waals surface area (Å²) in [6.45, 7) is 3.03. The quantitative estimate of drug-likeness (QED) is 0.509. The number of rotatable bonds is 6. The van der Waals surface area contributed by atoms with Gasteiger partial charge in [-0.1, -0.05) is 20.8 Å². The van der Waals surface area contributed by atoms with E-state index in [1.807, 2.05) is 16.7 Å². The summed E-state index contributed by atoms with van der Waals surface area (Å²) in [6.07, 6.45) is 3.63. The van der Waals surface area contributed by atoms with Crippen LogP contribution < -0.4 is 10.2 Å². The standard InChI is InChI=1S/C24H24F2N2O5S/c1-24(2,3)20-6-12-5-14(19-9-27-21(34-19)11-33-23(25)26)18(32-4)7-13(12)16-8-17(29)15(22(30)31)10-28(16)20/h5,7-10,20,23H,6,11H2,1-4H3,(H,30,31). The summed E-state index contributed by atoms with van der Waals surface area (Å²) in [4.78, 5) is 29.1. The molecule has 4 rings (SSSR count). The fourth-order valence-electron chi connectivity index (χ4n) is 4.24. The minimum absolute atomic E-state index is 0.105. The highest BCUT2D eigenvalue weighted by atomic mass is 32.1. The number of halogens is 2. The molecule has 0 bridgehead atoms. The molecule has 1 atom stereocenters. The number of hydrogen-bond acceptors (Lipinski definition) is 6. The Morgan fingerprint density at radius 3 is 2.65 bits per heavy atom. The first kappa shape index (κ1) is 24.0. The van der Waals surface area contributed by atoms with E-state index < -0.39 is 18.0 Å². The Labute approximate surface area is 198 Å². The lowest BCUT2D eigenvalue weighted by molar-refractivity contribution is -0.137. The third-order valence-electron chi connectivity index (χ3n) is 5.91. The van der Waals surface area contributed by atoms with Gasteiger partial charge in [0.15, 0.2) is 5.43 Å². The van der Waals surface area contributed by atoms with Crippen molar-refractivity contribution in [3.05, 3.63) is 57.0 Å². The van der Waals surface area contributed by atoms with Crippen LogP contribution in [0.5, 0.6) is 5.75 Å². The molecule has 1 aromatic carbocycles. The number of methoxy groups -OCH3 is 1. The van der Waals surface area contributed by atoms with Gasteiger partial charge in [0.2, 0.25) is 0 Å². The van der Waals surface area contributed by atoms with Crippen LogP contribution >= 0.6 is 11.3 Å². The van der Waals surface area contributed by atoms with Crippen molar-refractivity contribution in [1.29, 1.82) is 0 Å². The predicted molar refractivity (Wildman–Crippen MR) is 124 cm³/mol. The molecular weight excluding hydrogens is 466 g/mol. The number of pyridine rings is 1. The number of thiazole rings is 1. The van der Waals surface area contributed by atoms with Crippen LogP contribution in [0, 0.1) is 5.41 Å². The maximum absolute atomic E-state index is 12.6. The first-order chi connectivity index (χ1) is 16.0. The molecule has 0 saturated carbocycles. The van der Waals surface area contributed by atoms with Crippen molar-refractivity contribution in [2.24, 2.45) is 5.41 Å². The number of carboxylic acid groups (broad SMARTS) is 1. The zero-order chi connectivity index (χ0) is 24.8. The number of carboxylic acids is 1. The van der Waals surface area contributed by atoms with Crippen LogP contribution in [0.15, 0.2) is 35.4 Å². The van der Waals surface area contributed by atoms with Crippen molar-refractivity contribution < 1.29 is 28.2 Å². The molecule has 0 aliphatic carbocycles. The molecule has 1 unspecified atom stereocenters. The molecule has 7 nitrogen and oxygen atoms in total. The van der Waals surface area contributed by atoms with E-state index in [-0.39, 0.29) is 23.6 Å². The molecule has 3 aromatic rings. The minimum atomic E-state index is -2.87. The normalized spacial score (nSPS) is 15.2. The van der Waals surface area contributed by atoms with E-state index in [1.54, 1.807) is 6.20 Å². The first-order valence-electron chi connectivity index (χ1n) is 10.5. The van der Waals surface area contributed by atoms with Gasteiger partial charge in [-0.15, -0.1) is 11.3 Å². The number of aromatic carboxylic acids is 1. The van der Waals surface area contributed by atoms with Gasteiger partial charge in [0, 0.05) is 35.6 Å². The van der Waals surface area contributed by atoms with Gasteiger partial charge in [0.25, 0.3) is 0 Å². The van der Waals surface area contributed by atoms with Crippen molar-refractivity contribution in [3.63, 3.8) is 0 Å². The van der Waals surface area contributed by atoms with E-state index in [9.17, 15) is 23.5 Å². The maximum Gasteiger partial charge on any atom is 0.345 e. The maximum atomic E-state index is 12.6. The number of benzene rings is 1. The molecule has 0 radical (unpaired) electrons. The fraction of sp³-hybridized carbons (Fsp3) is 0.375. The Morgan fingerprint density at radius 1 is 1.29 bits per heavy atom. The molecule has 1 aliphatic heterocycles. The number of carbonyl (C=O) groups is 1. The molecular formula is C24H24F2N2O5S. The fourth-order valence-corrected chi connectivity index (χ4v) is 5.10. The molecule has 0 amide bonds. The van der Waals surface area contributed by atoms with Crippen LogP contribution in [-0.2, 0) is 17.8 Å². The predicted octanol–water partition coefficient (Wildman–Crippen LogP) is 5.23. The van der Waals surface area contributed by atoms with Gasteiger partial charge in [-0.05, 0) is 29.5 Å². The summed E-state index contributed by atoms with van der Waals surface area (Å²) in [5.74, 6) is -0.734. The number of fused-ring (bicyclic) bond motifs is 3. The lowest BCUT2D eigenvalue weighted by atomic mass is 9.78. The Balaban J connectivity index is 1.87. The average molecular weight is 491 g/mol. The first-order valence-corrected chi connectivity index (χ1v) is 11.4. The topological polar surface area (TPSA) is 90.7 Å². The molecule has 10 heteroatoms. The highest BCUT2D eigenvalue weighted by Gasteiger charge is 2.34. The lowest BCUT2D eigenvalue weighted by Crippen LogP contribution is -2.32. The van der Waals surface area contributed by atoms with Gasteiger partial charge in [0.05, 0.1) is 17.7 Å². The summed E-state index contributed by atoms with van der Waals surface area (Å²) in [5, 5.41) is 9.90. The van der Waals surface area contributed by atoms with E-state index in [2.05, 4.69) is 30.5 Å². The Kier molecular flexibility index (Phi) is 6.30. The smallest absolute Gasteiger partial charge is 0.345 e. The molecule has 1 aliphatic rings. The molecule has 3 heterocycles. The molecule has 0 fully saturated rings. The third-order valence-corrected chi connectivity index (χ3v) is 6.92. The van der Waals surface area contributed by atoms with E-state index in [1.165, 1.54) is 30.7 Å². The minimum Gasteiger partial charge on any atom is -0.496 e. The molecule has 1 N–H and O–H groups in total. The summed E-state index contributed by atoms with van der Waals surface area (Å²) in [6, 6.07) is 5.05. The lowest BCUT2D eigenvalue weighted by Gasteiger charge is -2.39. The molecule has 34 heavy (non-hydrogen) atoms. The van der Waals surface area contributed by atoms with E-state index in [0.717, 1.165) is 21.6 Å².